The molecule has 1 saturated heterocycles. The van der Waals surface area contributed by atoms with E-state index in [4.69, 9.17) is 9.29 Å². The highest BCUT2D eigenvalue weighted by atomic mass is 32.2. The molecule has 0 radical (unpaired) electrons. The lowest BCUT2D eigenvalue weighted by atomic mass is 10.2. The zero-order valence-electron chi connectivity index (χ0n) is 9.22. The Morgan fingerprint density at radius 3 is 2.93 bits per heavy atom. The number of hydrogen-bond donors (Lipinski definition) is 1. The molecule has 0 aliphatic carbocycles. The molecule has 1 N–H and O–H groups in total. The van der Waals surface area contributed by atoms with Crippen molar-refractivity contribution < 1.29 is 9.29 Å². The van der Waals surface area contributed by atoms with Crippen molar-refractivity contribution in [1.82, 2.24) is 9.78 Å². The maximum atomic E-state index is 8.94. The van der Waals surface area contributed by atoms with E-state index in [0.717, 1.165) is 24.5 Å². The molecule has 1 unspecified atom stereocenters. The molecule has 0 amide bonds. The molecule has 2 rings (SSSR count). The van der Waals surface area contributed by atoms with Gasteiger partial charge in [-0.05, 0) is 25.3 Å². The highest BCUT2D eigenvalue weighted by Gasteiger charge is 2.18. The van der Waals surface area contributed by atoms with Gasteiger partial charge in [0.05, 0.1) is 6.20 Å². The Morgan fingerprint density at radius 1 is 1.53 bits per heavy atom. The highest BCUT2D eigenvalue weighted by Crippen LogP contribution is 2.26. The molecule has 2 heterocycles. The number of rotatable bonds is 2. The molecular weight excluding hydrogens is 212 g/mol. The lowest BCUT2D eigenvalue weighted by molar-refractivity contribution is -0.0447. The van der Waals surface area contributed by atoms with Crippen molar-refractivity contribution in [2.75, 3.05) is 6.61 Å². The van der Waals surface area contributed by atoms with Gasteiger partial charge in [-0.3, -0.25) is 0 Å². The Morgan fingerprint density at radius 2 is 2.33 bits per heavy atom. The van der Waals surface area contributed by atoms with Crippen molar-refractivity contribution in [2.45, 2.75) is 44.4 Å². The van der Waals surface area contributed by atoms with Crippen molar-refractivity contribution in [2.24, 2.45) is 0 Å². The minimum absolute atomic E-state index is 0.0124. The van der Waals surface area contributed by atoms with E-state index in [0.29, 0.717) is 12.0 Å². The monoisotopic (exact) mass is 230 g/mol. The van der Waals surface area contributed by atoms with Crippen LogP contribution in [0, 0.1) is 0 Å². The number of aromatic nitrogens is 2. The normalized spacial score (nSPS) is 20.6. The predicted octanol–water partition coefficient (Wildman–Crippen LogP) is 3.17. The van der Waals surface area contributed by atoms with Crippen LogP contribution in [0.15, 0.2) is 17.3 Å². The van der Waals surface area contributed by atoms with Gasteiger partial charge in [-0.25, -0.2) is 4.68 Å². The van der Waals surface area contributed by atoms with Crippen LogP contribution in [0.3, 0.4) is 0 Å². The first-order valence-electron chi connectivity index (χ1n) is 5.38. The fourth-order valence-electron chi connectivity index (χ4n) is 1.51. The zero-order valence-corrected chi connectivity index (χ0v) is 10.0. The summed E-state index contributed by atoms with van der Waals surface area (Å²) in [6.07, 6.45) is 4.96. The second-order valence-electron chi connectivity index (χ2n) is 3.03. The molecule has 4 nitrogen and oxygen atoms in total. The lowest BCUT2D eigenvalue weighted by Crippen LogP contribution is -2.19. The quantitative estimate of drug-likeness (QED) is 0.793. The van der Waals surface area contributed by atoms with E-state index in [9.17, 15) is 0 Å². The minimum Gasteiger partial charge on any atom is -0.356 e. The number of nitrogens with zero attached hydrogens (tertiary/aromatic N) is 2. The van der Waals surface area contributed by atoms with Gasteiger partial charge >= 0.3 is 0 Å². The zero-order chi connectivity index (χ0) is 11.1. The predicted molar refractivity (Wildman–Crippen MR) is 60.9 cm³/mol. The molecule has 1 aliphatic heterocycles. The Kier molecular flexibility index (Phi) is 5.75. The third-order valence-corrected chi connectivity index (χ3v) is 2.67. The van der Waals surface area contributed by atoms with Gasteiger partial charge < -0.3 is 9.29 Å². The van der Waals surface area contributed by atoms with Gasteiger partial charge in [-0.1, -0.05) is 13.8 Å². The van der Waals surface area contributed by atoms with Gasteiger partial charge in [0, 0.05) is 18.6 Å². The molecule has 1 fully saturated rings. The number of ether oxygens (including phenoxy) is 1. The summed E-state index contributed by atoms with van der Waals surface area (Å²) in [4.78, 5) is 0. The molecule has 1 aromatic heterocycles. The first-order valence-corrected chi connectivity index (χ1v) is 6.15. The van der Waals surface area contributed by atoms with Crippen molar-refractivity contribution in [1.29, 1.82) is 0 Å². The molecular formula is C10H18N2O2S. The molecule has 15 heavy (non-hydrogen) atoms. The second-order valence-corrected chi connectivity index (χ2v) is 3.63. The average Bonchev–Trinajstić information content (AvgIpc) is 2.81. The van der Waals surface area contributed by atoms with Crippen LogP contribution in [-0.2, 0) is 4.74 Å². The summed E-state index contributed by atoms with van der Waals surface area (Å²) < 4.78 is 16.2. The molecule has 0 bridgehead atoms. The largest absolute Gasteiger partial charge is 0.356 e. The van der Waals surface area contributed by atoms with E-state index in [2.05, 4.69) is 5.10 Å². The fraction of sp³-hybridized carbons (Fsp3) is 0.700. The molecule has 86 valence electrons. The van der Waals surface area contributed by atoms with Crippen LogP contribution in [0.5, 0.6) is 0 Å². The van der Waals surface area contributed by atoms with E-state index >= 15 is 0 Å². The second kappa shape index (κ2) is 6.87. The maximum absolute atomic E-state index is 8.94. The van der Waals surface area contributed by atoms with Crippen LogP contribution in [0.25, 0.3) is 0 Å². The van der Waals surface area contributed by atoms with E-state index in [1.807, 2.05) is 13.8 Å². The first kappa shape index (κ1) is 12.5. The summed E-state index contributed by atoms with van der Waals surface area (Å²) in [5.74, 6) is 0. The summed E-state index contributed by atoms with van der Waals surface area (Å²) >= 11 is 0.716. The van der Waals surface area contributed by atoms with Gasteiger partial charge in [-0.2, -0.15) is 5.10 Å². The Balaban J connectivity index is 0.000000531. The van der Waals surface area contributed by atoms with Crippen LogP contribution in [0.1, 0.15) is 39.3 Å². The van der Waals surface area contributed by atoms with Crippen LogP contribution in [0.4, 0.5) is 0 Å². The van der Waals surface area contributed by atoms with Crippen LogP contribution in [0.2, 0.25) is 0 Å². The van der Waals surface area contributed by atoms with Crippen LogP contribution in [-0.4, -0.2) is 20.9 Å². The smallest absolute Gasteiger partial charge is 0.151 e. The van der Waals surface area contributed by atoms with Gasteiger partial charge in [0.25, 0.3) is 0 Å². The van der Waals surface area contributed by atoms with Gasteiger partial charge in [0.1, 0.15) is 5.03 Å². The molecule has 5 heteroatoms. The SMILES string of the molecule is CC.OSc1ccnn1C1CCCCO1. The Labute approximate surface area is 94.8 Å². The maximum Gasteiger partial charge on any atom is 0.151 e. The van der Waals surface area contributed by atoms with E-state index < -0.39 is 0 Å². The van der Waals surface area contributed by atoms with Crippen LogP contribution < -0.4 is 0 Å². The van der Waals surface area contributed by atoms with Crippen LogP contribution >= 0.6 is 12.0 Å². The standard InChI is InChI=1S/C8H12N2O2S.C2H6/c11-13-8-4-5-9-10(8)7-3-1-2-6-12-7;1-2/h4-5,7,11H,1-3,6H2;1-2H3. The topological polar surface area (TPSA) is 47.3 Å². The molecule has 1 atom stereocenters. The van der Waals surface area contributed by atoms with Crippen molar-refractivity contribution >= 4 is 12.0 Å². The molecule has 0 spiro atoms. The molecule has 1 aliphatic rings. The Bertz CT molecular complexity index is 272. The summed E-state index contributed by atoms with van der Waals surface area (Å²) in [7, 11) is 0. The van der Waals surface area contributed by atoms with Crippen molar-refractivity contribution in [3.8, 4) is 0 Å². The summed E-state index contributed by atoms with van der Waals surface area (Å²) in [5.41, 5.74) is 0. The summed E-state index contributed by atoms with van der Waals surface area (Å²) in [6, 6.07) is 1.78. The fourth-order valence-corrected chi connectivity index (χ4v) is 1.88. The lowest BCUT2D eigenvalue weighted by Gasteiger charge is -2.23. The molecule has 0 aromatic carbocycles. The summed E-state index contributed by atoms with van der Waals surface area (Å²) in [6.45, 7) is 4.79. The highest BCUT2D eigenvalue weighted by molar-refractivity contribution is 7.93. The molecule has 1 aromatic rings. The van der Waals surface area contributed by atoms with E-state index in [-0.39, 0.29) is 6.23 Å². The van der Waals surface area contributed by atoms with Gasteiger partial charge in [0.2, 0.25) is 0 Å². The van der Waals surface area contributed by atoms with Crippen molar-refractivity contribution in [3.05, 3.63) is 12.3 Å². The van der Waals surface area contributed by atoms with Gasteiger partial charge in [0.15, 0.2) is 6.23 Å². The minimum atomic E-state index is 0.0124. The average molecular weight is 230 g/mol. The van der Waals surface area contributed by atoms with E-state index in [1.165, 1.54) is 6.42 Å². The summed E-state index contributed by atoms with van der Waals surface area (Å²) in [5, 5.41) is 4.86. The Hall–Kier alpha value is -0.520. The van der Waals surface area contributed by atoms with Gasteiger partial charge in [-0.15, -0.1) is 0 Å². The van der Waals surface area contributed by atoms with E-state index in [1.54, 1.807) is 16.9 Å². The first-order chi connectivity index (χ1) is 7.42. The third kappa shape index (κ3) is 3.22. The van der Waals surface area contributed by atoms with Crippen molar-refractivity contribution in [3.63, 3.8) is 0 Å². The molecule has 0 saturated carbocycles. The third-order valence-electron chi connectivity index (χ3n) is 2.16. The number of hydrogen-bond acceptors (Lipinski definition) is 4.